The first-order valence-electron chi connectivity index (χ1n) is 7.05. The van der Waals surface area contributed by atoms with E-state index in [0.29, 0.717) is 12.2 Å². The minimum atomic E-state index is -2.10. The average Bonchev–Trinajstić information content (AvgIpc) is 2.39. The molecule has 0 aliphatic heterocycles. The van der Waals surface area contributed by atoms with Crippen LogP contribution in [-0.2, 0) is 18.4 Å². The first kappa shape index (κ1) is 18.3. The highest BCUT2D eigenvalue weighted by molar-refractivity contribution is 6.66. The molecule has 0 bridgehead atoms. The summed E-state index contributed by atoms with van der Waals surface area (Å²) in [7, 11) is -2.10. The largest absolute Gasteiger partial charge is 0.462 e. The van der Waals surface area contributed by atoms with E-state index in [4.69, 9.17) is 13.6 Å². The Kier molecular flexibility index (Phi) is 9.82. The fraction of sp³-hybridized carbons (Fsp3) is 0.786. The van der Waals surface area contributed by atoms with Gasteiger partial charge in [0.1, 0.15) is 0 Å². The lowest BCUT2D eigenvalue weighted by Gasteiger charge is -2.26. The van der Waals surface area contributed by atoms with Gasteiger partial charge in [-0.15, -0.1) is 0 Å². The molecule has 0 aromatic heterocycles. The van der Waals surface area contributed by atoms with Gasteiger partial charge in [-0.1, -0.05) is 20.4 Å². The fourth-order valence-corrected chi connectivity index (χ4v) is 3.93. The van der Waals surface area contributed by atoms with Gasteiger partial charge in [-0.2, -0.15) is 0 Å². The highest BCUT2D eigenvalue weighted by atomic mass is 28.4. The van der Waals surface area contributed by atoms with Crippen LogP contribution in [0.25, 0.3) is 0 Å². The van der Waals surface area contributed by atoms with Crippen LogP contribution in [0, 0.1) is 0 Å². The van der Waals surface area contributed by atoms with E-state index in [9.17, 15) is 4.79 Å². The molecule has 0 radical (unpaired) electrons. The molecule has 5 heteroatoms. The van der Waals surface area contributed by atoms with E-state index in [1.54, 1.807) is 6.92 Å². The van der Waals surface area contributed by atoms with Crippen molar-refractivity contribution in [3.8, 4) is 0 Å². The zero-order valence-electron chi connectivity index (χ0n) is 12.8. The van der Waals surface area contributed by atoms with Gasteiger partial charge in [0.05, 0.1) is 6.61 Å². The van der Waals surface area contributed by atoms with Gasteiger partial charge in [-0.3, -0.25) is 0 Å². The van der Waals surface area contributed by atoms with E-state index in [0.717, 1.165) is 38.5 Å². The molecule has 0 amide bonds. The number of carbonyl (C=O) groups excluding carboxylic acids is 1. The van der Waals surface area contributed by atoms with E-state index >= 15 is 0 Å². The number of hydrogen-bond donors (Lipinski definition) is 0. The molecule has 0 rings (SSSR count). The third kappa shape index (κ3) is 8.97. The quantitative estimate of drug-likeness (QED) is 0.253. The second-order valence-electron chi connectivity index (χ2n) is 4.85. The van der Waals surface area contributed by atoms with Crippen molar-refractivity contribution < 1.29 is 18.4 Å². The lowest BCUT2D eigenvalue weighted by Crippen LogP contribution is -2.39. The molecule has 0 aliphatic carbocycles. The third-order valence-electron chi connectivity index (χ3n) is 2.58. The number of rotatable bonds is 11. The zero-order chi connectivity index (χ0) is 14.7. The molecule has 0 saturated carbocycles. The molecule has 0 aromatic rings. The Balaban J connectivity index is 4.03. The number of hydrogen-bond acceptors (Lipinski definition) is 4. The predicted octanol–water partition coefficient (Wildman–Crippen LogP) is 3.42. The van der Waals surface area contributed by atoms with Crippen LogP contribution in [0.4, 0.5) is 0 Å². The summed E-state index contributed by atoms with van der Waals surface area (Å²) in [5.74, 6) is -0.327. The summed E-state index contributed by atoms with van der Waals surface area (Å²) in [6.45, 7) is 13.3. The summed E-state index contributed by atoms with van der Waals surface area (Å²) >= 11 is 0. The van der Waals surface area contributed by atoms with Gasteiger partial charge in [0.15, 0.2) is 0 Å². The van der Waals surface area contributed by atoms with Crippen LogP contribution in [0.3, 0.4) is 0 Å². The lowest BCUT2D eigenvalue weighted by atomic mass is 10.4. The van der Waals surface area contributed by atoms with Crippen LogP contribution in [0.15, 0.2) is 12.2 Å². The Morgan fingerprint density at radius 3 is 2.05 bits per heavy atom. The number of carbonyl (C=O) groups is 1. The molecule has 0 aromatic carbocycles. The summed E-state index contributed by atoms with van der Waals surface area (Å²) in [5, 5.41) is 0. The van der Waals surface area contributed by atoms with Crippen molar-refractivity contribution >= 4 is 14.5 Å². The summed E-state index contributed by atoms with van der Waals surface area (Å²) in [4.78, 5) is 11.2. The van der Waals surface area contributed by atoms with Crippen LogP contribution in [0.1, 0.15) is 40.0 Å². The standard InChI is InChI=1S/C14H28O4Si/c1-6-9-17-19(5,18-10-7-2)12-8-11-16-14(15)13(3)4/h3,6-12H2,1-2,4-5H3. The molecule has 0 unspecified atom stereocenters. The van der Waals surface area contributed by atoms with Gasteiger partial charge in [0.2, 0.25) is 0 Å². The zero-order valence-corrected chi connectivity index (χ0v) is 13.8. The second-order valence-corrected chi connectivity index (χ2v) is 8.20. The molecule has 0 N–H and O–H groups in total. The molecule has 112 valence electrons. The molecule has 0 heterocycles. The Bertz CT molecular complexity index is 271. The Morgan fingerprint density at radius 2 is 1.63 bits per heavy atom. The minimum absolute atomic E-state index is 0.327. The van der Waals surface area contributed by atoms with E-state index in [2.05, 4.69) is 27.0 Å². The van der Waals surface area contributed by atoms with E-state index in [1.807, 2.05) is 0 Å². The van der Waals surface area contributed by atoms with Gasteiger partial charge >= 0.3 is 14.5 Å². The molecular formula is C14H28O4Si. The molecule has 0 aliphatic rings. The first-order chi connectivity index (χ1) is 8.95. The second kappa shape index (κ2) is 10.2. The third-order valence-corrected chi connectivity index (χ3v) is 5.47. The van der Waals surface area contributed by atoms with Gasteiger partial charge < -0.3 is 13.6 Å². The van der Waals surface area contributed by atoms with Crippen LogP contribution in [-0.4, -0.2) is 34.4 Å². The van der Waals surface area contributed by atoms with Gasteiger partial charge in [-0.05, 0) is 38.8 Å². The topological polar surface area (TPSA) is 44.8 Å². The highest BCUT2D eigenvalue weighted by Gasteiger charge is 2.30. The molecule has 0 atom stereocenters. The summed E-state index contributed by atoms with van der Waals surface area (Å²) in [5.41, 5.74) is 0.435. The van der Waals surface area contributed by atoms with Crippen molar-refractivity contribution in [1.29, 1.82) is 0 Å². The normalized spacial score (nSPS) is 11.4. The summed E-state index contributed by atoms with van der Waals surface area (Å²) < 4.78 is 16.9. The van der Waals surface area contributed by atoms with Crippen molar-refractivity contribution in [1.82, 2.24) is 0 Å². The Hall–Kier alpha value is -0.653. The van der Waals surface area contributed by atoms with Crippen molar-refractivity contribution in [3.63, 3.8) is 0 Å². The highest BCUT2D eigenvalue weighted by Crippen LogP contribution is 2.17. The van der Waals surface area contributed by atoms with Crippen molar-refractivity contribution in [3.05, 3.63) is 12.2 Å². The minimum Gasteiger partial charge on any atom is -0.462 e. The molecule has 0 fully saturated rings. The van der Waals surface area contributed by atoms with Crippen LogP contribution in [0.5, 0.6) is 0 Å². The van der Waals surface area contributed by atoms with Gasteiger partial charge in [0.25, 0.3) is 0 Å². The SMILES string of the molecule is C=C(C)C(=O)OCCC[Si](C)(OCCC)OCCC. The number of esters is 1. The van der Waals surface area contributed by atoms with Crippen LogP contribution >= 0.6 is 0 Å². The Labute approximate surface area is 118 Å². The van der Waals surface area contributed by atoms with Gasteiger partial charge in [0, 0.05) is 18.8 Å². The monoisotopic (exact) mass is 288 g/mol. The number of ether oxygens (including phenoxy) is 1. The Morgan fingerprint density at radius 1 is 1.11 bits per heavy atom. The van der Waals surface area contributed by atoms with Crippen LogP contribution < -0.4 is 0 Å². The van der Waals surface area contributed by atoms with E-state index < -0.39 is 8.56 Å². The molecule has 19 heavy (non-hydrogen) atoms. The van der Waals surface area contributed by atoms with E-state index in [1.165, 1.54) is 0 Å². The van der Waals surface area contributed by atoms with Crippen molar-refractivity contribution in [2.24, 2.45) is 0 Å². The smallest absolute Gasteiger partial charge is 0.335 e. The van der Waals surface area contributed by atoms with Gasteiger partial charge in [-0.25, -0.2) is 4.79 Å². The lowest BCUT2D eigenvalue weighted by molar-refractivity contribution is -0.138. The van der Waals surface area contributed by atoms with Crippen molar-refractivity contribution in [2.45, 2.75) is 52.6 Å². The maximum atomic E-state index is 11.2. The molecule has 4 nitrogen and oxygen atoms in total. The fourth-order valence-electron chi connectivity index (χ4n) is 1.50. The van der Waals surface area contributed by atoms with Crippen molar-refractivity contribution in [2.75, 3.05) is 19.8 Å². The van der Waals surface area contributed by atoms with Crippen LogP contribution in [0.2, 0.25) is 12.6 Å². The molecule has 0 saturated heterocycles. The maximum absolute atomic E-state index is 11.2. The maximum Gasteiger partial charge on any atom is 0.335 e. The van der Waals surface area contributed by atoms with E-state index in [-0.39, 0.29) is 5.97 Å². The average molecular weight is 288 g/mol. The predicted molar refractivity (Wildman–Crippen MR) is 79.3 cm³/mol. The molecular weight excluding hydrogens is 260 g/mol. The first-order valence-corrected chi connectivity index (χ1v) is 9.58. The summed E-state index contributed by atoms with van der Waals surface area (Å²) in [6, 6.07) is 0.844. The summed E-state index contributed by atoms with van der Waals surface area (Å²) in [6.07, 6.45) is 2.75. The molecule has 0 spiro atoms.